The predicted molar refractivity (Wildman–Crippen MR) is 63.5 cm³/mol. The highest BCUT2D eigenvalue weighted by molar-refractivity contribution is 5.79. The largest absolute Gasteiger partial charge is 0.370 e. The molecule has 0 amide bonds. The number of aromatic nitrogens is 2. The first-order chi connectivity index (χ1) is 7.74. The van der Waals surface area contributed by atoms with E-state index in [1.165, 1.54) is 11.1 Å². The number of imidazole rings is 1. The van der Waals surface area contributed by atoms with Crippen molar-refractivity contribution in [2.45, 2.75) is 32.8 Å². The van der Waals surface area contributed by atoms with Crippen molar-refractivity contribution in [1.29, 1.82) is 0 Å². The minimum Gasteiger partial charge on any atom is -0.370 e. The first-order valence-corrected chi connectivity index (χ1v) is 5.82. The van der Waals surface area contributed by atoms with Crippen LogP contribution in [0.5, 0.6) is 0 Å². The van der Waals surface area contributed by atoms with Gasteiger partial charge in [-0.3, -0.25) is 0 Å². The molecular weight excluding hydrogens is 200 g/mol. The van der Waals surface area contributed by atoms with E-state index < -0.39 is 0 Å². The molecule has 0 saturated carbocycles. The third-order valence-electron chi connectivity index (χ3n) is 3.17. The Balaban J connectivity index is 2.11. The lowest BCUT2D eigenvalue weighted by atomic mass is 10.1. The maximum Gasteiger partial charge on any atom is 0.136 e. The minimum atomic E-state index is 0.173. The summed E-state index contributed by atoms with van der Waals surface area (Å²) >= 11 is 0. The number of hydrogen-bond acceptors (Lipinski definition) is 2. The number of rotatable bonds is 1. The van der Waals surface area contributed by atoms with Crippen LogP contribution in [0.4, 0.5) is 0 Å². The molecule has 1 aromatic heterocycles. The average molecular weight is 216 g/mol. The lowest BCUT2D eigenvalue weighted by Gasteiger charge is -2.03. The maximum atomic E-state index is 5.64. The third kappa shape index (κ3) is 1.52. The highest BCUT2D eigenvalue weighted by atomic mass is 16.5. The zero-order valence-corrected chi connectivity index (χ0v) is 9.71. The van der Waals surface area contributed by atoms with E-state index in [-0.39, 0.29) is 6.10 Å². The van der Waals surface area contributed by atoms with Crippen LogP contribution >= 0.6 is 0 Å². The predicted octanol–water partition coefficient (Wildman–Crippen LogP) is 3.03. The zero-order valence-electron chi connectivity index (χ0n) is 9.71. The molecule has 1 N–H and O–H groups in total. The Labute approximate surface area is 94.8 Å². The van der Waals surface area contributed by atoms with Gasteiger partial charge >= 0.3 is 0 Å². The highest BCUT2D eigenvalue weighted by Crippen LogP contribution is 2.29. The molecule has 1 aromatic carbocycles. The molecule has 1 unspecified atom stereocenters. The number of benzene rings is 1. The van der Waals surface area contributed by atoms with Crippen LogP contribution in [0, 0.1) is 13.8 Å². The molecule has 0 aliphatic carbocycles. The maximum absolute atomic E-state index is 5.64. The molecule has 2 heterocycles. The van der Waals surface area contributed by atoms with Crippen molar-refractivity contribution in [2.75, 3.05) is 6.61 Å². The van der Waals surface area contributed by atoms with E-state index in [2.05, 4.69) is 35.9 Å². The van der Waals surface area contributed by atoms with Gasteiger partial charge < -0.3 is 9.72 Å². The van der Waals surface area contributed by atoms with Gasteiger partial charge in [0.05, 0.1) is 11.0 Å². The summed E-state index contributed by atoms with van der Waals surface area (Å²) < 4.78 is 5.64. The third-order valence-corrected chi connectivity index (χ3v) is 3.17. The second-order valence-electron chi connectivity index (χ2n) is 4.60. The van der Waals surface area contributed by atoms with E-state index in [0.29, 0.717) is 0 Å². The van der Waals surface area contributed by atoms with E-state index in [1.54, 1.807) is 0 Å². The number of fused-ring (bicyclic) bond motifs is 1. The van der Waals surface area contributed by atoms with Crippen molar-refractivity contribution >= 4 is 11.0 Å². The van der Waals surface area contributed by atoms with Gasteiger partial charge in [-0.05, 0) is 43.9 Å². The van der Waals surface area contributed by atoms with E-state index in [1.807, 2.05) is 0 Å². The van der Waals surface area contributed by atoms with Gasteiger partial charge in [-0.1, -0.05) is 6.07 Å². The van der Waals surface area contributed by atoms with Crippen LogP contribution < -0.4 is 0 Å². The number of H-pyrrole nitrogens is 1. The highest BCUT2D eigenvalue weighted by Gasteiger charge is 2.21. The molecule has 84 valence electrons. The number of ether oxygens (including phenoxy) is 1. The molecule has 16 heavy (non-hydrogen) atoms. The van der Waals surface area contributed by atoms with Gasteiger partial charge in [-0.15, -0.1) is 0 Å². The van der Waals surface area contributed by atoms with E-state index in [0.717, 1.165) is 36.3 Å². The van der Waals surface area contributed by atoms with Crippen LogP contribution in [-0.4, -0.2) is 16.6 Å². The molecule has 2 aromatic rings. The molecule has 1 fully saturated rings. The van der Waals surface area contributed by atoms with Crippen molar-refractivity contribution in [3.8, 4) is 0 Å². The summed E-state index contributed by atoms with van der Waals surface area (Å²) in [6.45, 7) is 5.08. The molecule has 0 radical (unpaired) electrons. The van der Waals surface area contributed by atoms with Crippen LogP contribution in [-0.2, 0) is 4.74 Å². The van der Waals surface area contributed by atoms with Gasteiger partial charge in [0.25, 0.3) is 0 Å². The number of aryl methyl sites for hydroxylation is 2. The molecule has 0 bridgehead atoms. The van der Waals surface area contributed by atoms with Crippen LogP contribution in [0.3, 0.4) is 0 Å². The minimum absolute atomic E-state index is 0.173. The Morgan fingerprint density at radius 1 is 1.38 bits per heavy atom. The molecule has 1 saturated heterocycles. The Morgan fingerprint density at radius 2 is 2.25 bits per heavy atom. The summed E-state index contributed by atoms with van der Waals surface area (Å²) in [6, 6.07) is 4.32. The lowest BCUT2D eigenvalue weighted by Crippen LogP contribution is -1.97. The van der Waals surface area contributed by atoms with Crippen LogP contribution in [0.1, 0.15) is 35.9 Å². The molecule has 1 atom stereocenters. The van der Waals surface area contributed by atoms with E-state index in [9.17, 15) is 0 Å². The standard InChI is InChI=1S/C13H16N2O/c1-8-6-9(2)12-10(7-8)14-13(15-12)11-4-3-5-16-11/h6-7,11H,3-5H2,1-2H3,(H,14,15). The van der Waals surface area contributed by atoms with Gasteiger partial charge in [0, 0.05) is 6.61 Å². The van der Waals surface area contributed by atoms with E-state index >= 15 is 0 Å². The Bertz CT molecular complexity index is 524. The summed E-state index contributed by atoms with van der Waals surface area (Å²) in [5.41, 5.74) is 4.71. The second-order valence-corrected chi connectivity index (χ2v) is 4.60. The fourth-order valence-corrected chi connectivity index (χ4v) is 2.44. The van der Waals surface area contributed by atoms with Crippen molar-refractivity contribution in [1.82, 2.24) is 9.97 Å². The molecule has 3 rings (SSSR count). The van der Waals surface area contributed by atoms with Gasteiger partial charge in [0.2, 0.25) is 0 Å². The second kappa shape index (κ2) is 3.59. The molecule has 3 heteroatoms. The summed E-state index contributed by atoms with van der Waals surface area (Å²) in [5.74, 6) is 0.987. The van der Waals surface area contributed by atoms with Crippen LogP contribution in [0.25, 0.3) is 11.0 Å². The topological polar surface area (TPSA) is 37.9 Å². The lowest BCUT2D eigenvalue weighted by molar-refractivity contribution is 0.106. The first-order valence-electron chi connectivity index (χ1n) is 5.82. The van der Waals surface area contributed by atoms with Gasteiger partial charge in [0.1, 0.15) is 11.9 Å². The Kier molecular flexibility index (Phi) is 2.21. The van der Waals surface area contributed by atoms with Crippen molar-refractivity contribution in [3.63, 3.8) is 0 Å². The summed E-state index contributed by atoms with van der Waals surface area (Å²) in [7, 11) is 0. The van der Waals surface area contributed by atoms with Crippen LogP contribution in [0.2, 0.25) is 0 Å². The number of aromatic amines is 1. The number of nitrogens with zero attached hydrogens (tertiary/aromatic N) is 1. The quantitative estimate of drug-likeness (QED) is 0.795. The smallest absolute Gasteiger partial charge is 0.136 e. The summed E-state index contributed by atoms with van der Waals surface area (Å²) in [4.78, 5) is 8.04. The summed E-state index contributed by atoms with van der Waals surface area (Å²) in [6.07, 6.45) is 2.39. The van der Waals surface area contributed by atoms with Crippen molar-refractivity contribution < 1.29 is 4.74 Å². The number of nitrogens with one attached hydrogen (secondary N) is 1. The van der Waals surface area contributed by atoms with Crippen LogP contribution in [0.15, 0.2) is 12.1 Å². The fraction of sp³-hybridized carbons (Fsp3) is 0.462. The van der Waals surface area contributed by atoms with Gasteiger partial charge in [0.15, 0.2) is 0 Å². The Morgan fingerprint density at radius 3 is 3.00 bits per heavy atom. The average Bonchev–Trinajstić information content (AvgIpc) is 2.82. The molecule has 1 aliphatic heterocycles. The van der Waals surface area contributed by atoms with Gasteiger partial charge in [-0.25, -0.2) is 4.98 Å². The van der Waals surface area contributed by atoms with Gasteiger partial charge in [-0.2, -0.15) is 0 Å². The fourth-order valence-electron chi connectivity index (χ4n) is 2.44. The van der Waals surface area contributed by atoms with E-state index in [4.69, 9.17) is 4.74 Å². The zero-order chi connectivity index (χ0) is 11.1. The summed E-state index contributed by atoms with van der Waals surface area (Å²) in [5, 5.41) is 0. The molecule has 1 aliphatic rings. The van der Waals surface area contributed by atoms with Crippen molar-refractivity contribution in [3.05, 3.63) is 29.1 Å². The molecular formula is C13H16N2O. The Hall–Kier alpha value is -1.35. The monoisotopic (exact) mass is 216 g/mol. The SMILES string of the molecule is Cc1cc(C)c2nc(C3CCCO3)[nH]c2c1. The normalized spacial score (nSPS) is 20.8. The molecule has 0 spiro atoms. The van der Waals surface area contributed by atoms with Crippen molar-refractivity contribution in [2.24, 2.45) is 0 Å². The first kappa shape index (κ1) is 9.85. The number of hydrogen-bond donors (Lipinski definition) is 1. The molecule has 3 nitrogen and oxygen atoms in total.